The van der Waals surface area contributed by atoms with Crippen molar-refractivity contribution >= 4 is 29.0 Å². The van der Waals surface area contributed by atoms with Gasteiger partial charge in [-0.3, -0.25) is 4.79 Å². The molecule has 0 spiro atoms. The number of methoxy groups -OCH3 is 4. The van der Waals surface area contributed by atoms with Crippen molar-refractivity contribution in [3.63, 3.8) is 0 Å². The first-order chi connectivity index (χ1) is 18.3. The number of rotatable bonds is 10. The minimum absolute atomic E-state index is 0.132. The van der Waals surface area contributed by atoms with Crippen LogP contribution in [0.25, 0.3) is 10.8 Å². The molecular weight excluding hydrogens is 487 g/mol. The lowest BCUT2D eigenvalue weighted by Gasteiger charge is -2.28. The van der Waals surface area contributed by atoms with Gasteiger partial charge < -0.3 is 38.5 Å². The zero-order valence-corrected chi connectivity index (χ0v) is 22.1. The van der Waals surface area contributed by atoms with Crippen molar-refractivity contribution < 1.29 is 29.0 Å². The van der Waals surface area contributed by atoms with Crippen LogP contribution in [0.2, 0.25) is 0 Å². The number of hydrogen-bond donors (Lipinski definition) is 2. The summed E-state index contributed by atoms with van der Waals surface area (Å²) in [6.45, 7) is 0.805. The molecule has 4 rings (SSSR count). The van der Waals surface area contributed by atoms with Crippen LogP contribution < -0.4 is 34.9 Å². The maximum Gasteiger partial charge on any atom is 0.489 e. The number of hydrogen-bond acceptors (Lipinski definition) is 8. The molecule has 0 bridgehead atoms. The average Bonchev–Trinajstić information content (AvgIpc) is 2.94. The molecule has 0 atom stereocenters. The van der Waals surface area contributed by atoms with Gasteiger partial charge in [-0.05, 0) is 53.3 Å². The van der Waals surface area contributed by atoms with Gasteiger partial charge in [0, 0.05) is 60.7 Å². The topological polar surface area (TPSA) is 103 Å². The second-order valence-corrected chi connectivity index (χ2v) is 8.82. The predicted molar refractivity (Wildman–Crippen MR) is 148 cm³/mol. The SMILES string of the molecule is COc1ccc(CN(Cc2ccc(OC)cc2OC)c2cc(B(O)O)c3c(=O)n(C)ccc3c2)c(OC)c1. The quantitative estimate of drug-likeness (QED) is 0.309. The van der Waals surface area contributed by atoms with E-state index in [1.54, 1.807) is 53.8 Å². The molecule has 38 heavy (non-hydrogen) atoms. The summed E-state index contributed by atoms with van der Waals surface area (Å²) >= 11 is 0. The summed E-state index contributed by atoms with van der Waals surface area (Å²) in [5.41, 5.74) is 2.28. The molecule has 0 fully saturated rings. The van der Waals surface area contributed by atoms with Crippen LogP contribution in [-0.4, -0.2) is 50.2 Å². The van der Waals surface area contributed by atoms with E-state index in [0.29, 0.717) is 47.2 Å². The molecule has 0 unspecified atom stereocenters. The van der Waals surface area contributed by atoms with Crippen LogP contribution in [0.3, 0.4) is 0 Å². The molecule has 0 radical (unpaired) electrons. The van der Waals surface area contributed by atoms with Crippen molar-refractivity contribution in [2.45, 2.75) is 13.1 Å². The molecular formula is C28H31BN2O7. The highest BCUT2D eigenvalue weighted by Crippen LogP contribution is 2.32. The molecule has 198 valence electrons. The number of ether oxygens (including phenoxy) is 4. The minimum Gasteiger partial charge on any atom is -0.497 e. The fourth-order valence-electron chi connectivity index (χ4n) is 4.49. The van der Waals surface area contributed by atoms with Gasteiger partial charge in [-0.25, -0.2) is 0 Å². The summed E-state index contributed by atoms with van der Waals surface area (Å²) in [5, 5.41) is 21.3. The van der Waals surface area contributed by atoms with Crippen LogP contribution in [0.4, 0.5) is 5.69 Å². The average molecular weight is 518 g/mol. The Kier molecular flexibility index (Phi) is 8.14. The standard InChI is InChI=1S/C28H31BN2O7/c1-30-11-10-18-12-21(13-24(29(33)34)27(18)28(30)32)31(16-19-6-8-22(35-2)14-25(19)37-4)17-20-7-9-23(36-3)15-26(20)38-5/h6-15,33-34H,16-17H2,1-5H3. The highest BCUT2D eigenvalue weighted by molar-refractivity contribution is 6.62. The van der Waals surface area contributed by atoms with Crippen LogP contribution in [-0.2, 0) is 20.1 Å². The lowest BCUT2D eigenvalue weighted by Crippen LogP contribution is -2.36. The summed E-state index contributed by atoms with van der Waals surface area (Å²) in [6.07, 6.45) is 1.66. The van der Waals surface area contributed by atoms with E-state index in [4.69, 9.17) is 18.9 Å². The third-order valence-electron chi connectivity index (χ3n) is 6.55. The van der Waals surface area contributed by atoms with Crippen molar-refractivity contribution in [1.82, 2.24) is 4.57 Å². The van der Waals surface area contributed by atoms with Crippen LogP contribution in [0.5, 0.6) is 23.0 Å². The van der Waals surface area contributed by atoms with Crippen molar-refractivity contribution in [3.8, 4) is 23.0 Å². The van der Waals surface area contributed by atoms with Gasteiger partial charge in [-0.1, -0.05) is 0 Å². The lowest BCUT2D eigenvalue weighted by atomic mass is 9.77. The van der Waals surface area contributed by atoms with E-state index in [-0.39, 0.29) is 16.4 Å². The number of nitrogens with zero attached hydrogens (tertiary/aromatic N) is 2. The van der Waals surface area contributed by atoms with Crippen LogP contribution >= 0.6 is 0 Å². The molecule has 10 heteroatoms. The molecule has 1 aromatic heterocycles. The normalized spacial score (nSPS) is 10.8. The number of aryl methyl sites for hydroxylation is 1. The van der Waals surface area contributed by atoms with Gasteiger partial charge in [0.1, 0.15) is 23.0 Å². The first-order valence-corrected chi connectivity index (χ1v) is 12.0. The van der Waals surface area contributed by atoms with Crippen molar-refractivity contribution in [2.24, 2.45) is 7.05 Å². The first kappa shape index (κ1) is 26.9. The van der Waals surface area contributed by atoms with Gasteiger partial charge in [-0.15, -0.1) is 0 Å². The fourth-order valence-corrected chi connectivity index (χ4v) is 4.49. The van der Waals surface area contributed by atoms with Crippen LogP contribution in [0, 0.1) is 0 Å². The number of pyridine rings is 1. The molecule has 9 nitrogen and oxygen atoms in total. The maximum atomic E-state index is 12.9. The highest BCUT2D eigenvalue weighted by atomic mass is 16.5. The van der Waals surface area contributed by atoms with Gasteiger partial charge in [0.05, 0.1) is 28.4 Å². The van der Waals surface area contributed by atoms with E-state index in [1.165, 1.54) is 4.57 Å². The molecule has 4 aromatic rings. The van der Waals surface area contributed by atoms with Crippen molar-refractivity contribution in [3.05, 3.63) is 82.3 Å². The maximum absolute atomic E-state index is 12.9. The van der Waals surface area contributed by atoms with Crippen molar-refractivity contribution in [1.29, 1.82) is 0 Å². The molecule has 3 aromatic carbocycles. The number of benzene rings is 3. The fraction of sp³-hybridized carbons (Fsp3) is 0.250. The third-order valence-corrected chi connectivity index (χ3v) is 6.55. The summed E-state index contributed by atoms with van der Waals surface area (Å²) in [4.78, 5) is 14.9. The Morgan fingerprint density at radius 1 is 0.789 bits per heavy atom. The Hall–Kier alpha value is -4.15. The van der Waals surface area contributed by atoms with E-state index >= 15 is 0 Å². The molecule has 0 aliphatic rings. The molecule has 1 heterocycles. The Morgan fingerprint density at radius 3 is 1.82 bits per heavy atom. The Labute approximate surface area is 221 Å². The summed E-state index contributed by atoms with van der Waals surface area (Å²) in [6, 6.07) is 16.5. The van der Waals surface area contributed by atoms with E-state index < -0.39 is 7.12 Å². The van der Waals surface area contributed by atoms with Gasteiger partial charge >= 0.3 is 7.12 Å². The summed E-state index contributed by atoms with van der Waals surface area (Å²) < 4.78 is 23.4. The third kappa shape index (κ3) is 5.41. The minimum atomic E-state index is -1.83. The second-order valence-electron chi connectivity index (χ2n) is 8.82. The first-order valence-electron chi connectivity index (χ1n) is 12.0. The van der Waals surface area contributed by atoms with Crippen molar-refractivity contribution in [2.75, 3.05) is 33.3 Å². The van der Waals surface area contributed by atoms with E-state index in [1.807, 2.05) is 42.5 Å². The van der Waals surface area contributed by atoms with Gasteiger partial charge in [0.15, 0.2) is 0 Å². The largest absolute Gasteiger partial charge is 0.497 e. The van der Waals surface area contributed by atoms with Crippen LogP contribution in [0.1, 0.15) is 11.1 Å². The Morgan fingerprint density at radius 2 is 1.34 bits per heavy atom. The van der Waals surface area contributed by atoms with E-state index in [0.717, 1.165) is 11.1 Å². The van der Waals surface area contributed by atoms with Gasteiger partial charge in [0.2, 0.25) is 0 Å². The monoisotopic (exact) mass is 518 g/mol. The summed E-state index contributed by atoms with van der Waals surface area (Å²) in [7, 11) is 6.18. The number of anilines is 1. The number of fused-ring (bicyclic) bond motifs is 1. The van der Waals surface area contributed by atoms with Gasteiger partial charge in [0.25, 0.3) is 5.56 Å². The molecule has 0 aliphatic heterocycles. The smallest absolute Gasteiger partial charge is 0.489 e. The molecule has 0 amide bonds. The summed E-state index contributed by atoms with van der Waals surface area (Å²) in [5.74, 6) is 2.63. The number of aromatic nitrogens is 1. The molecule has 0 saturated carbocycles. The predicted octanol–water partition coefficient (Wildman–Crippen LogP) is 2.46. The van der Waals surface area contributed by atoms with Crippen LogP contribution in [0.15, 0.2) is 65.6 Å². The zero-order chi connectivity index (χ0) is 27.4. The highest BCUT2D eigenvalue weighted by Gasteiger charge is 2.22. The Bertz CT molecular complexity index is 1450. The molecule has 2 N–H and O–H groups in total. The van der Waals surface area contributed by atoms with Gasteiger partial charge in [-0.2, -0.15) is 0 Å². The second kappa shape index (κ2) is 11.5. The Balaban J connectivity index is 1.88. The van der Waals surface area contributed by atoms with E-state index in [9.17, 15) is 14.8 Å². The lowest BCUT2D eigenvalue weighted by molar-refractivity contribution is 0.389. The molecule has 0 saturated heterocycles. The van der Waals surface area contributed by atoms with E-state index in [2.05, 4.69) is 4.90 Å². The molecule has 0 aliphatic carbocycles. The zero-order valence-electron chi connectivity index (χ0n) is 22.1.